The molecule has 0 bridgehead atoms. The third kappa shape index (κ3) is 3.77. The summed E-state index contributed by atoms with van der Waals surface area (Å²) in [5, 5.41) is 3.69. The molecule has 0 saturated carbocycles. The van der Waals surface area contributed by atoms with Gasteiger partial charge in [-0.1, -0.05) is 48.0 Å². The van der Waals surface area contributed by atoms with Gasteiger partial charge < -0.3 is 4.74 Å². The van der Waals surface area contributed by atoms with Crippen molar-refractivity contribution in [2.24, 2.45) is 11.8 Å². The fraction of sp³-hybridized carbons (Fsp3) is 0.222. The Hall–Kier alpha value is -3.62. The van der Waals surface area contributed by atoms with Crippen LogP contribution < -0.4 is 5.32 Å². The molecule has 2 heterocycles. The highest BCUT2D eigenvalue weighted by atomic mass is 35.5. The van der Waals surface area contributed by atoms with E-state index in [0.717, 1.165) is 4.90 Å². The van der Waals surface area contributed by atoms with Crippen LogP contribution in [0.15, 0.2) is 72.8 Å². The first-order chi connectivity index (χ1) is 17.3. The van der Waals surface area contributed by atoms with Crippen LogP contribution in [0.5, 0.6) is 0 Å². The highest BCUT2D eigenvalue weighted by Crippen LogP contribution is 2.52. The van der Waals surface area contributed by atoms with E-state index in [4.69, 9.17) is 16.3 Å². The maximum absolute atomic E-state index is 14.0. The van der Waals surface area contributed by atoms with E-state index < -0.39 is 52.8 Å². The number of hydrogen-bond acceptors (Lipinski definition) is 5. The van der Waals surface area contributed by atoms with E-state index in [1.54, 1.807) is 24.3 Å². The molecular weight excluding hydrogens is 490 g/mol. The quantitative estimate of drug-likeness (QED) is 0.417. The maximum Gasteiger partial charge on any atom is 0.323 e. The number of esters is 1. The topological polar surface area (TPSA) is 75.7 Å². The first-order valence-electron chi connectivity index (χ1n) is 11.2. The number of carbonyl (C=O) groups is 3. The molecule has 2 aliphatic heterocycles. The summed E-state index contributed by atoms with van der Waals surface area (Å²) in [6.07, 6.45) is 0. The molecule has 3 aromatic carbocycles. The Morgan fingerprint density at radius 2 is 1.44 bits per heavy atom. The molecule has 6 nitrogen and oxygen atoms in total. The summed E-state index contributed by atoms with van der Waals surface area (Å²) in [5.41, 5.74) is 0.155. The third-order valence-corrected chi connectivity index (χ3v) is 7.21. The summed E-state index contributed by atoms with van der Waals surface area (Å²) >= 11 is 5.97. The van der Waals surface area contributed by atoms with E-state index >= 15 is 0 Å². The average molecular weight is 511 g/mol. The molecule has 0 radical (unpaired) electrons. The number of carbonyl (C=O) groups excluding carboxylic acids is 3. The predicted octanol–water partition coefficient (Wildman–Crippen LogP) is 3.81. The van der Waals surface area contributed by atoms with Gasteiger partial charge in [-0.25, -0.2) is 8.78 Å². The number of rotatable bonds is 5. The zero-order valence-corrected chi connectivity index (χ0v) is 19.8. The Morgan fingerprint density at radius 1 is 0.917 bits per heavy atom. The molecule has 2 fully saturated rings. The van der Waals surface area contributed by atoms with Crippen molar-refractivity contribution >= 4 is 29.4 Å². The Labute approximate surface area is 210 Å². The van der Waals surface area contributed by atoms with Crippen LogP contribution in [0.3, 0.4) is 0 Å². The lowest BCUT2D eigenvalue weighted by Gasteiger charge is -2.36. The number of likely N-dealkylation sites (tertiary alicyclic amines) is 1. The second kappa shape index (κ2) is 9.11. The molecule has 0 aromatic heterocycles. The number of nitrogens with zero attached hydrogens (tertiary/aromatic N) is 1. The number of ether oxygens (including phenoxy) is 1. The van der Waals surface area contributed by atoms with Gasteiger partial charge in [0.2, 0.25) is 11.8 Å². The molecule has 0 aliphatic carbocycles. The van der Waals surface area contributed by atoms with Crippen molar-refractivity contribution < 1.29 is 27.9 Å². The van der Waals surface area contributed by atoms with Crippen molar-refractivity contribution in [2.75, 3.05) is 7.11 Å². The van der Waals surface area contributed by atoms with Crippen LogP contribution >= 0.6 is 11.6 Å². The van der Waals surface area contributed by atoms with Gasteiger partial charge in [-0.3, -0.25) is 24.6 Å². The second-order valence-corrected chi connectivity index (χ2v) is 9.30. The maximum atomic E-state index is 14.0. The van der Waals surface area contributed by atoms with E-state index in [9.17, 15) is 23.2 Å². The van der Waals surface area contributed by atoms with Gasteiger partial charge in [-0.2, -0.15) is 0 Å². The Balaban J connectivity index is 1.68. The van der Waals surface area contributed by atoms with Crippen LogP contribution in [-0.2, 0) is 31.2 Å². The third-order valence-electron chi connectivity index (χ3n) is 6.96. The fourth-order valence-corrected chi connectivity index (χ4v) is 5.47. The van der Waals surface area contributed by atoms with Crippen LogP contribution in [0.1, 0.15) is 16.7 Å². The van der Waals surface area contributed by atoms with Gasteiger partial charge in [0.25, 0.3) is 0 Å². The number of benzene rings is 3. The average Bonchev–Trinajstić information content (AvgIpc) is 3.36. The number of fused-ring (bicyclic) bond motifs is 1. The molecule has 1 N–H and O–H groups in total. The predicted molar refractivity (Wildman–Crippen MR) is 127 cm³/mol. The number of nitrogens with one attached hydrogen (secondary N) is 1. The lowest BCUT2D eigenvalue weighted by Crippen LogP contribution is -2.51. The van der Waals surface area contributed by atoms with Gasteiger partial charge in [-0.05, 0) is 53.1 Å². The van der Waals surface area contributed by atoms with Crippen molar-refractivity contribution in [3.05, 3.63) is 106 Å². The molecule has 5 rings (SSSR count). The first-order valence-corrected chi connectivity index (χ1v) is 11.6. The molecule has 3 atom stereocenters. The lowest BCUT2D eigenvalue weighted by atomic mass is 9.71. The highest BCUT2D eigenvalue weighted by molar-refractivity contribution is 6.30. The van der Waals surface area contributed by atoms with Gasteiger partial charge >= 0.3 is 5.97 Å². The normalized spacial score (nSPS) is 22.6. The van der Waals surface area contributed by atoms with Gasteiger partial charge in [0.15, 0.2) is 0 Å². The minimum absolute atomic E-state index is 0.0152. The summed E-state index contributed by atoms with van der Waals surface area (Å²) in [7, 11) is 1.20. The molecule has 9 heteroatoms. The number of halogens is 3. The van der Waals surface area contributed by atoms with E-state index in [-0.39, 0.29) is 6.54 Å². The van der Waals surface area contributed by atoms with E-state index in [0.29, 0.717) is 21.7 Å². The number of imide groups is 1. The van der Waals surface area contributed by atoms with Crippen molar-refractivity contribution in [1.29, 1.82) is 0 Å². The van der Waals surface area contributed by atoms with Crippen LogP contribution in [0, 0.1) is 23.5 Å². The van der Waals surface area contributed by atoms with E-state index in [2.05, 4.69) is 5.32 Å². The zero-order chi connectivity index (χ0) is 25.6. The van der Waals surface area contributed by atoms with E-state index in [1.807, 2.05) is 0 Å². The monoisotopic (exact) mass is 510 g/mol. The van der Waals surface area contributed by atoms with Crippen LogP contribution in [-0.4, -0.2) is 35.8 Å². The summed E-state index contributed by atoms with van der Waals surface area (Å²) in [6.45, 7) is -0.0152. The number of methoxy groups -OCH3 is 1. The van der Waals surface area contributed by atoms with Crippen molar-refractivity contribution in [1.82, 2.24) is 10.2 Å². The molecule has 2 aliphatic rings. The largest absolute Gasteiger partial charge is 0.468 e. The highest BCUT2D eigenvalue weighted by Gasteiger charge is 2.68. The summed E-state index contributed by atoms with van der Waals surface area (Å²) < 4.78 is 32.7. The van der Waals surface area contributed by atoms with Gasteiger partial charge in [-0.15, -0.1) is 0 Å². The van der Waals surface area contributed by atoms with Crippen LogP contribution in [0.2, 0.25) is 5.02 Å². The minimum atomic E-state index is -1.42. The minimum Gasteiger partial charge on any atom is -0.468 e. The molecule has 2 saturated heterocycles. The fourth-order valence-electron chi connectivity index (χ4n) is 5.35. The smallest absolute Gasteiger partial charge is 0.323 e. The Morgan fingerprint density at radius 3 is 1.94 bits per heavy atom. The molecule has 3 aromatic rings. The van der Waals surface area contributed by atoms with Gasteiger partial charge in [0, 0.05) is 5.02 Å². The molecule has 0 unspecified atom stereocenters. The number of amides is 2. The van der Waals surface area contributed by atoms with Gasteiger partial charge in [0.05, 0.1) is 31.0 Å². The summed E-state index contributed by atoms with van der Waals surface area (Å²) in [4.78, 5) is 41.6. The molecular formula is C27H21ClF2N2O4. The summed E-state index contributed by atoms with van der Waals surface area (Å²) in [6, 6.07) is 16.4. The van der Waals surface area contributed by atoms with E-state index in [1.165, 1.54) is 55.6 Å². The van der Waals surface area contributed by atoms with Crippen molar-refractivity contribution in [3.8, 4) is 0 Å². The first kappa shape index (κ1) is 24.1. The van der Waals surface area contributed by atoms with Crippen LogP contribution in [0.4, 0.5) is 8.78 Å². The number of hydrogen-bond donors (Lipinski definition) is 1. The molecule has 0 spiro atoms. The summed E-state index contributed by atoms with van der Waals surface area (Å²) in [5.74, 6) is -4.91. The molecule has 2 amide bonds. The SMILES string of the molecule is COC(=O)[C@@H]1NC(c2ccc(F)cc2)(c2ccc(F)cc2)[C@H]2C(=O)N(Cc3ccc(Cl)cc3)C(=O)[C@@H]12. The molecule has 36 heavy (non-hydrogen) atoms. The Kier molecular flexibility index (Phi) is 6.10. The van der Waals surface area contributed by atoms with Crippen molar-refractivity contribution in [2.45, 2.75) is 18.1 Å². The van der Waals surface area contributed by atoms with Gasteiger partial charge in [0.1, 0.15) is 17.7 Å². The standard InChI is InChI=1S/C27H21ClF2N2O4/c1-36-26(35)23-21-22(25(34)32(24(21)33)14-15-2-8-18(28)9-3-15)27(31-23,16-4-10-19(29)11-5-16)17-6-12-20(30)13-7-17/h2-13,21-23,31H,14H2,1H3/t21-,22-,23-/m1/s1. The zero-order valence-electron chi connectivity index (χ0n) is 19.1. The lowest BCUT2D eigenvalue weighted by molar-refractivity contribution is -0.148. The molecule has 184 valence electrons. The van der Waals surface area contributed by atoms with Crippen LogP contribution in [0.25, 0.3) is 0 Å². The second-order valence-electron chi connectivity index (χ2n) is 8.86. The Bertz CT molecular complexity index is 1280. The van der Waals surface area contributed by atoms with Crippen molar-refractivity contribution in [3.63, 3.8) is 0 Å².